The highest BCUT2D eigenvalue weighted by Crippen LogP contribution is 2.23. The number of pyridine rings is 1. The van der Waals surface area contributed by atoms with E-state index in [0.717, 1.165) is 18.7 Å². The third kappa shape index (κ3) is 5.65. The van der Waals surface area contributed by atoms with E-state index in [9.17, 15) is 0 Å². The first-order valence-electron chi connectivity index (χ1n) is 7.23. The lowest BCUT2D eigenvalue weighted by Gasteiger charge is -2.10. The number of nitrogens with zero attached hydrogens (tertiary/aromatic N) is 1. The van der Waals surface area contributed by atoms with Crippen LogP contribution in [0.4, 0.5) is 0 Å². The van der Waals surface area contributed by atoms with Gasteiger partial charge in [0.15, 0.2) is 0 Å². The monoisotopic (exact) mass is 298 g/mol. The molecule has 1 aliphatic rings. The summed E-state index contributed by atoms with van der Waals surface area (Å²) >= 11 is 6.17. The van der Waals surface area contributed by atoms with Crippen molar-refractivity contribution in [3.8, 4) is 5.88 Å². The van der Waals surface area contributed by atoms with Gasteiger partial charge >= 0.3 is 0 Å². The normalized spacial score (nSPS) is 14.8. The van der Waals surface area contributed by atoms with Gasteiger partial charge in [0.25, 0.3) is 0 Å². The zero-order valence-electron chi connectivity index (χ0n) is 12.2. The van der Waals surface area contributed by atoms with Crippen molar-refractivity contribution in [3.05, 3.63) is 22.8 Å². The van der Waals surface area contributed by atoms with E-state index in [1.54, 1.807) is 0 Å². The van der Waals surface area contributed by atoms with Gasteiger partial charge in [-0.05, 0) is 30.4 Å². The molecule has 20 heavy (non-hydrogen) atoms. The number of nitrogens with one attached hydrogen (secondary N) is 1. The molecule has 0 spiro atoms. The third-order valence-electron chi connectivity index (χ3n) is 2.95. The summed E-state index contributed by atoms with van der Waals surface area (Å²) in [6.07, 6.45) is 4.36. The molecule has 112 valence electrons. The highest BCUT2D eigenvalue weighted by molar-refractivity contribution is 6.31. The third-order valence-corrected chi connectivity index (χ3v) is 3.22. The van der Waals surface area contributed by atoms with E-state index in [1.807, 2.05) is 12.3 Å². The molecule has 0 bridgehead atoms. The van der Waals surface area contributed by atoms with Gasteiger partial charge in [-0.1, -0.05) is 25.4 Å². The molecule has 1 aromatic rings. The second kappa shape index (κ2) is 7.81. The van der Waals surface area contributed by atoms with Crippen LogP contribution >= 0.6 is 11.6 Å². The molecule has 1 N–H and O–H groups in total. The van der Waals surface area contributed by atoms with Gasteiger partial charge in [-0.15, -0.1) is 0 Å². The Hall–Kier alpha value is -0.840. The van der Waals surface area contributed by atoms with Gasteiger partial charge in [-0.2, -0.15) is 0 Å². The fourth-order valence-electron chi connectivity index (χ4n) is 1.73. The first-order valence-corrected chi connectivity index (χ1v) is 7.61. The molecule has 0 amide bonds. The quantitative estimate of drug-likeness (QED) is 0.712. The van der Waals surface area contributed by atoms with Crippen molar-refractivity contribution in [1.29, 1.82) is 0 Å². The summed E-state index contributed by atoms with van der Waals surface area (Å²) in [6, 6.07) is 2.59. The Morgan fingerprint density at radius 1 is 1.40 bits per heavy atom. The summed E-state index contributed by atoms with van der Waals surface area (Å²) in [5.74, 6) is 1.02. The molecule has 1 heterocycles. The van der Waals surface area contributed by atoms with Gasteiger partial charge in [0.2, 0.25) is 5.88 Å². The van der Waals surface area contributed by atoms with Gasteiger partial charge in [-0.3, -0.25) is 0 Å². The number of hydrogen-bond acceptors (Lipinski definition) is 4. The van der Waals surface area contributed by atoms with E-state index in [2.05, 4.69) is 24.1 Å². The van der Waals surface area contributed by atoms with Crippen molar-refractivity contribution in [2.45, 2.75) is 39.3 Å². The summed E-state index contributed by atoms with van der Waals surface area (Å²) in [7, 11) is 0. The van der Waals surface area contributed by atoms with Crippen molar-refractivity contribution in [2.75, 3.05) is 19.8 Å². The lowest BCUT2D eigenvalue weighted by atomic mass is 10.2. The number of aromatic nitrogens is 1. The van der Waals surface area contributed by atoms with E-state index in [0.29, 0.717) is 36.1 Å². The van der Waals surface area contributed by atoms with Gasteiger partial charge in [-0.25, -0.2) is 4.98 Å². The molecule has 0 aliphatic heterocycles. The van der Waals surface area contributed by atoms with Crippen LogP contribution in [0.25, 0.3) is 0 Å². The van der Waals surface area contributed by atoms with E-state index < -0.39 is 0 Å². The second-order valence-corrected chi connectivity index (χ2v) is 6.01. The maximum Gasteiger partial charge on any atom is 0.232 e. The Morgan fingerprint density at radius 3 is 2.85 bits per heavy atom. The van der Waals surface area contributed by atoms with Crippen LogP contribution in [0.5, 0.6) is 5.88 Å². The largest absolute Gasteiger partial charge is 0.474 e. The Kier molecular flexibility index (Phi) is 6.07. The summed E-state index contributed by atoms with van der Waals surface area (Å²) in [5.41, 5.74) is 1.09. The fourth-order valence-corrected chi connectivity index (χ4v) is 1.98. The van der Waals surface area contributed by atoms with Crippen LogP contribution in [0.3, 0.4) is 0 Å². The predicted molar refractivity (Wildman–Crippen MR) is 80.3 cm³/mol. The predicted octanol–water partition coefficient (Wildman–Crippen LogP) is 3.04. The van der Waals surface area contributed by atoms with Crippen molar-refractivity contribution >= 4 is 11.6 Å². The van der Waals surface area contributed by atoms with Crippen LogP contribution in [0.2, 0.25) is 5.02 Å². The first kappa shape index (κ1) is 15.5. The van der Waals surface area contributed by atoms with Crippen molar-refractivity contribution in [3.63, 3.8) is 0 Å². The Bertz CT molecular complexity index is 422. The molecule has 2 rings (SSSR count). The first-order chi connectivity index (χ1) is 9.65. The van der Waals surface area contributed by atoms with Crippen LogP contribution in [-0.4, -0.2) is 30.8 Å². The van der Waals surface area contributed by atoms with Gasteiger partial charge in [0.1, 0.15) is 11.6 Å². The topological polar surface area (TPSA) is 43.4 Å². The number of halogens is 1. The molecule has 0 aromatic carbocycles. The van der Waals surface area contributed by atoms with Crippen LogP contribution in [0.15, 0.2) is 12.3 Å². The molecule has 1 aromatic heterocycles. The Labute approximate surface area is 125 Å². The molecule has 4 nitrogen and oxygen atoms in total. The highest BCUT2D eigenvalue weighted by atomic mass is 35.5. The molecule has 5 heteroatoms. The molecule has 1 saturated carbocycles. The summed E-state index contributed by atoms with van der Waals surface area (Å²) in [4.78, 5) is 4.26. The van der Waals surface area contributed by atoms with Gasteiger partial charge in [0.05, 0.1) is 6.61 Å². The van der Waals surface area contributed by atoms with Crippen LogP contribution in [0.1, 0.15) is 32.3 Å². The maximum absolute atomic E-state index is 6.17. The number of hydrogen-bond donors (Lipinski definition) is 1. The molecule has 1 aliphatic carbocycles. The minimum Gasteiger partial charge on any atom is -0.474 e. The van der Waals surface area contributed by atoms with E-state index in [-0.39, 0.29) is 0 Å². The zero-order chi connectivity index (χ0) is 14.4. The molecule has 0 unspecified atom stereocenters. The molecule has 0 atom stereocenters. The van der Waals surface area contributed by atoms with Crippen LogP contribution < -0.4 is 10.1 Å². The lowest BCUT2D eigenvalue weighted by Crippen LogP contribution is -2.15. The summed E-state index contributed by atoms with van der Waals surface area (Å²) in [5, 5.41) is 3.99. The van der Waals surface area contributed by atoms with E-state index in [1.165, 1.54) is 12.8 Å². The SMILES string of the molecule is CC(C)COCCOc1ncc(CNC2CC2)cc1Cl. The summed E-state index contributed by atoms with van der Waals surface area (Å²) < 4.78 is 11.0. The van der Waals surface area contributed by atoms with Crippen molar-refractivity contribution < 1.29 is 9.47 Å². The standard InChI is InChI=1S/C15H23ClN2O2/c1-11(2)10-19-5-6-20-15-14(16)7-12(9-18-15)8-17-13-3-4-13/h7,9,11,13,17H,3-6,8,10H2,1-2H3. The smallest absolute Gasteiger partial charge is 0.232 e. The van der Waals surface area contributed by atoms with Crippen LogP contribution in [-0.2, 0) is 11.3 Å². The Balaban J connectivity index is 1.71. The minimum absolute atomic E-state index is 0.471. The minimum atomic E-state index is 0.471. The molecular weight excluding hydrogens is 276 g/mol. The molecular formula is C15H23ClN2O2. The van der Waals surface area contributed by atoms with Crippen molar-refractivity contribution in [2.24, 2.45) is 5.92 Å². The fraction of sp³-hybridized carbons (Fsp3) is 0.667. The van der Waals surface area contributed by atoms with E-state index in [4.69, 9.17) is 21.1 Å². The zero-order valence-corrected chi connectivity index (χ0v) is 12.9. The molecule has 1 fully saturated rings. The van der Waals surface area contributed by atoms with Crippen LogP contribution in [0, 0.1) is 5.92 Å². The number of ether oxygens (including phenoxy) is 2. The average Bonchev–Trinajstić information content (AvgIpc) is 3.21. The van der Waals surface area contributed by atoms with E-state index >= 15 is 0 Å². The Morgan fingerprint density at radius 2 is 2.20 bits per heavy atom. The highest BCUT2D eigenvalue weighted by Gasteiger charge is 2.20. The number of rotatable bonds is 9. The lowest BCUT2D eigenvalue weighted by molar-refractivity contribution is 0.0806. The van der Waals surface area contributed by atoms with Crippen molar-refractivity contribution in [1.82, 2.24) is 10.3 Å². The maximum atomic E-state index is 6.17. The second-order valence-electron chi connectivity index (χ2n) is 5.60. The van der Waals surface area contributed by atoms with Gasteiger partial charge in [0, 0.05) is 25.4 Å². The average molecular weight is 299 g/mol. The molecule has 0 radical (unpaired) electrons. The summed E-state index contributed by atoms with van der Waals surface area (Å²) in [6.45, 7) is 6.83. The van der Waals surface area contributed by atoms with Gasteiger partial charge < -0.3 is 14.8 Å². The molecule has 0 saturated heterocycles.